The Morgan fingerprint density at radius 3 is 2.59 bits per heavy atom. The van der Waals surface area contributed by atoms with Crippen molar-refractivity contribution < 1.29 is 19.7 Å². The van der Waals surface area contributed by atoms with Crippen LogP contribution < -0.4 is 9.47 Å². The first kappa shape index (κ1) is 20.6. The number of aliphatic hydroxyl groups is 1. The maximum atomic E-state index is 11.3. The van der Waals surface area contributed by atoms with Gasteiger partial charge in [0.2, 0.25) is 8.22 Å². The molecule has 178 valence electrons. The van der Waals surface area contributed by atoms with Crippen LogP contribution in [0.2, 0.25) is 0 Å². The molecule has 0 aliphatic carbocycles. The molecular formula is C27H31N3O4. The third-order valence-electron chi connectivity index (χ3n) is 8.98. The van der Waals surface area contributed by atoms with Gasteiger partial charge in [0.25, 0.3) is 0 Å². The number of benzene rings is 2. The summed E-state index contributed by atoms with van der Waals surface area (Å²) in [6.07, 6.45) is 1.36. The van der Waals surface area contributed by atoms with Crippen molar-refractivity contribution in [2.45, 2.75) is 70.7 Å². The maximum Gasteiger partial charge on any atom is 0.231 e. The van der Waals surface area contributed by atoms with E-state index in [9.17, 15) is 10.4 Å². The topological polar surface area (TPSA) is 89.2 Å². The van der Waals surface area contributed by atoms with E-state index in [4.69, 9.17) is 16.0 Å². The van der Waals surface area contributed by atoms with Gasteiger partial charge >= 0.3 is 0 Å². The Balaban J connectivity index is 1.61. The van der Waals surface area contributed by atoms with Crippen molar-refractivity contribution in [2.75, 3.05) is 20.4 Å². The molecule has 0 saturated carbocycles. The molecule has 6 rings (SSSR count). The fourth-order valence-corrected chi connectivity index (χ4v) is 7.15. The zero-order valence-electron chi connectivity index (χ0n) is 21.3. The number of phenols is 1. The fourth-order valence-electron chi connectivity index (χ4n) is 7.15. The number of aromatic hydroxyl groups is 1. The van der Waals surface area contributed by atoms with Crippen molar-refractivity contribution in [1.29, 1.82) is 6.69 Å². The van der Waals surface area contributed by atoms with Crippen molar-refractivity contribution in [2.24, 2.45) is 0 Å². The van der Waals surface area contributed by atoms with Crippen LogP contribution >= 0.6 is 0 Å². The second-order valence-corrected chi connectivity index (χ2v) is 10.3. The average Bonchev–Trinajstić information content (AvgIpc) is 3.32. The smallest absolute Gasteiger partial charge is 0.231 e. The Morgan fingerprint density at radius 2 is 1.85 bits per heavy atom. The largest absolute Gasteiger partial charge is 0.507 e. The number of nitriles is 1. The summed E-state index contributed by atoms with van der Waals surface area (Å²) in [6.45, 7) is 8.55. The zero-order chi connectivity index (χ0) is 24.8. The van der Waals surface area contributed by atoms with Gasteiger partial charge < -0.3 is 19.7 Å². The molecule has 0 amide bonds. The number of ether oxygens (including phenoxy) is 2. The van der Waals surface area contributed by atoms with Gasteiger partial charge in [0.15, 0.2) is 11.5 Å². The molecule has 1 saturated heterocycles. The normalized spacial score (nSPS) is 29.6. The number of phenolic OH excluding ortho intramolecular Hbond substituents is 1. The van der Waals surface area contributed by atoms with Gasteiger partial charge in [0.05, 0.1) is 24.8 Å². The molecule has 1 unspecified atom stereocenters. The first-order valence-corrected chi connectivity index (χ1v) is 12.0. The van der Waals surface area contributed by atoms with Crippen LogP contribution in [0.15, 0.2) is 6.07 Å². The van der Waals surface area contributed by atoms with Crippen molar-refractivity contribution in [3.05, 3.63) is 50.6 Å². The highest BCUT2D eigenvalue weighted by atomic mass is 16.7. The second kappa shape index (κ2) is 7.35. The quantitative estimate of drug-likeness (QED) is 0.707. The molecule has 5 atom stereocenters. The number of hydrogen-bond acceptors (Lipinski definition) is 7. The molecule has 2 aromatic carbocycles. The van der Waals surface area contributed by atoms with Gasteiger partial charge in [-0.05, 0) is 75.4 Å². The monoisotopic (exact) mass is 463 g/mol. The number of aryl methyl sites for hydroxylation is 1. The Hall–Kier alpha value is -2.79. The number of rotatable bonds is 2. The minimum absolute atomic E-state index is 0.00861. The molecule has 7 heteroatoms. The third-order valence-corrected chi connectivity index (χ3v) is 8.98. The Kier molecular flexibility index (Phi) is 4.45. The van der Waals surface area contributed by atoms with E-state index in [2.05, 4.69) is 49.8 Å². The van der Waals surface area contributed by atoms with Crippen LogP contribution in [0.4, 0.5) is 0 Å². The highest BCUT2D eigenvalue weighted by Crippen LogP contribution is 2.56. The number of piperazine rings is 1. The molecular weight excluding hydrogens is 430 g/mol. The number of likely N-dealkylation sites (N-methyl/N-ethyl adjacent to an activating group) is 1. The highest BCUT2D eigenvalue weighted by Gasteiger charge is 2.56. The summed E-state index contributed by atoms with van der Waals surface area (Å²) < 4.78 is 19.3. The van der Waals surface area contributed by atoms with E-state index in [-0.39, 0.29) is 37.3 Å². The van der Waals surface area contributed by atoms with Crippen LogP contribution in [-0.4, -0.2) is 60.0 Å². The maximum absolute atomic E-state index is 11.3. The Bertz CT molecular complexity index is 1290. The van der Waals surface area contributed by atoms with Crippen molar-refractivity contribution in [3.8, 4) is 23.3 Å². The number of nitrogens with zero attached hydrogens (tertiary/aromatic N) is 3. The van der Waals surface area contributed by atoms with Crippen LogP contribution in [0.3, 0.4) is 0 Å². The molecule has 7 nitrogen and oxygen atoms in total. The molecule has 4 heterocycles. The van der Waals surface area contributed by atoms with E-state index < -0.39 is 12.1 Å². The number of aliphatic hydroxyl groups excluding tert-OH is 1. The highest BCUT2D eigenvalue weighted by molar-refractivity contribution is 5.65. The standard InChI is InChI=1S/C27H31N3O4/c1-12-6-16-7-18-20(9-28)30-19(24(29(18)5)22(16)14(3)13(12)2)8-17-23(21(30)10-31)27-26(33-11-34-27)15(4)25(17)32/h6,18-21,24,31-32H,7-8,10-11H2,1-5H3/t18-,19?,20-,21-,24+/m0/s1/i31T. The van der Waals surface area contributed by atoms with Gasteiger partial charge in [-0.1, -0.05) is 6.07 Å². The first-order valence-electron chi connectivity index (χ1n) is 12.4. The van der Waals surface area contributed by atoms with Crippen LogP contribution in [0, 0.1) is 39.0 Å². The van der Waals surface area contributed by atoms with Crippen molar-refractivity contribution in [1.82, 2.24) is 9.80 Å². The lowest BCUT2D eigenvalue weighted by Crippen LogP contribution is -2.68. The summed E-state index contributed by atoms with van der Waals surface area (Å²) in [5.41, 5.74) is 8.82. The molecule has 4 aliphatic rings. The molecule has 2 N–H and O–H groups in total. The molecule has 0 radical (unpaired) electrons. The van der Waals surface area contributed by atoms with Crippen LogP contribution in [0.1, 0.15) is 56.6 Å². The van der Waals surface area contributed by atoms with Gasteiger partial charge in [-0.25, -0.2) is 0 Å². The van der Waals surface area contributed by atoms with Crippen LogP contribution in [-0.2, 0) is 12.8 Å². The number of hydrogen-bond donors (Lipinski definition) is 2. The molecule has 2 bridgehead atoms. The predicted molar refractivity (Wildman–Crippen MR) is 126 cm³/mol. The van der Waals surface area contributed by atoms with Gasteiger partial charge in [-0.15, -0.1) is 0 Å². The average molecular weight is 464 g/mol. The summed E-state index contributed by atoms with van der Waals surface area (Å²) in [5.74, 6) is 1.37. The minimum Gasteiger partial charge on any atom is -0.507 e. The minimum atomic E-state index is -0.403. The summed E-state index contributed by atoms with van der Waals surface area (Å²) >= 11 is 0. The molecule has 1 fully saturated rings. The summed E-state index contributed by atoms with van der Waals surface area (Å²) in [4.78, 5) is 4.63. The summed E-state index contributed by atoms with van der Waals surface area (Å²) in [5, 5.41) is 26.8. The molecule has 0 spiro atoms. The van der Waals surface area contributed by atoms with Gasteiger partial charge in [-0.2, -0.15) is 5.26 Å². The number of fused-ring (bicyclic) bond motifs is 9. The van der Waals surface area contributed by atoms with E-state index in [1.807, 2.05) is 6.92 Å². The van der Waals surface area contributed by atoms with Crippen LogP contribution in [0.5, 0.6) is 17.2 Å². The Morgan fingerprint density at radius 1 is 1.09 bits per heavy atom. The van der Waals surface area contributed by atoms with Crippen molar-refractivity contribution >= 4 is 0 Å². The van der Waals surface area contributed by atoms with Crippen LogP contribution in [0.25, 0.3) is 0 Å². The van der Waals surface area contributed by atoms with Gasteiger partial charge in [-0.3, -0.25) is 9.80 Å². The van der Waals surface area contributed by atoms with Crippen molar-refractivity contribution in [3.63, 3.8) is 0 Å². The molecule has 0 aromatic heterocycles. The summed E-state index contributed by atoms with van der Waals surface area (Å²) in [7, 11) is 2.13. The van der Waals surface area contributed by atoms with Gasteiger partial charge in [0.1, 0.15) is 11.8 Å². The fraction of sp³-hybridized carbons (Fsp3) is 0.519. The SMILES string of the molecule is [3H]OC[C@H]1c2c(c(O)c(C)c3c2OCO3)CC2[C@@H]3c4c(cc(C)c(C)c4C)C[C@@H]([C@H](C#N)N21)N3C. The molecule has 2 aromatic rings. The van der Waals surface area contributed by atoms with E-state index >= 15 is 0 Å². The molecule has 34 heavy (non-hydrogen) atoms. The lowest BCUT2D eigenvalue weighted by molar-refractivity contribution is -0.0821. The Labute approximate surface area is 201 Å². The van der Waals surface area contributed by atoms with E-state index in [1.54, 1.807) is 0 Å². The lowest BCUT2D eigenvalue weighted by Gasteiger charge is -2.60. The predicted octanol–water partition coefficient (Wildman–Crippen LogP) is 3.12. The van der Waals surface area contributed by atoms with E-state index in [0.29, 0.717) is 23.5 Å². The van der Waals surface area contributed by atoms with E-state index in [1.165, 1.54) is 27.8 Å². The summed E-state index contributed by atoms with van der Waals surface area (Å²) in [6, 6.07) is 4.10. The zero-order valence-corrected chi connectivity index (χ0v) is 20.3. The van der Waals surface area contributed by atoms with E-state index in [0.717, 1.165) is 17.5 Å². The lowest BCUT2D eigenvalue weighted by atomic mass is 9.70. The first-order chi connectivity index (χ1) is 16.8. The second-order valence-electron chi connectivity index (χ2n) is 10.3. The third kappa shape index (κ3) is 2.56. The molecule has 4 aliphatic heterocycles. The van der Waals surface area contributed by atoms with Gasteiger partial charge in [0, 0.05) is 28.8 Å².